The zero-order chi connectivity index (χ0) is 22.8. The van der Waals surface area contributed by atoms with Crippen molar-refractivity contribution in [3.05, 3.63) is 81.0 Å². The number of hydrogen-bond donors (Lipinski definition) is 1. The van der Waals surface area contributed by atoms with Gasteiger partial charge in [-0.3, -0.25) is 19.0 Å². The largest absolute Gasteiger partial charge is 0.325 e. The number of Topliss-reactive ketones (excluding diaryl/α,β-unsaturated/α-hetero) is 1. The van der Waals surface area contributed by atoms with Gasteiger partial charge in [0.25, 0.3) is 5.56 Å². The monoisotopic (exact) mass is 463 g/mol. The minimum atomic E-state index is -0.247. The molecule has 6 nitrogen and oxygen atoms in total. The fraction of sp³-hybridized carbons (Fsp3) is 0.167. The van der Waals surface area contributed by atoms with Crippen molar-refractivity contribution in [1.82, 2.24) is 9.55 Å². The molecule has 0 bridgehead atoms. The van der Waals surface area contributed by atoms with Crippen molar-refractivity contribution in [2.24, 2.45) is 0 Å². The molecule has 1 amide bonds. The Balaban J connectivity index is 1.65. The average molecular weight is 464 g/mol. The van der Waals surface area contributed by atoms with Gasteiger partial charge in [-0.25, -0.2) is 4.98 Å². The summed E-state index contributed by atoms with van der Waals surface area (Å²) in [6.45, 7) is 5.45. The van der Waals surface area contributed by atoms with Crippen LogP contribution in [0.1, 0.15) is 28.4 Å². The first-order valence-corrected chi connectivity index (χ1v) is 11.8. The van der Waals surface area contributed by atoms with E-state index in [1.807, 2.05) is 43.5 Å². The zero-order valence-electron chi connectivity index (χ0n) is 17.8. The topological polar surface area (TPSA) is 81.1 Å². The van der Waals surface area contributed by atoms with Crippen LogP contribution in [0.2, 0.25) is 0 Å². The number of thioether (sulfide) groups is 1. The lowest BCUT2D eigenvalue weighted by Gasteiger charge is -2.15. The smallest absolute Gasteiger partial charge is 0.276 e. The summed E-state index contributed by atoms with van der Waals surface area (Å²) in [6.07, 6.45) is 0. The van der Waals surface area contributed by atoms with Crippen LogP contribution >= 0.6 is 23.1 Å². The van der Waals surface area contributed by atoms with E-state index in [0.29, 0.717) is 26.6 Å². The van der Waals surface area contributed by atoms with Crippen molar-refractivity contribution >= 4 is 50.7 Å². The number of nitrogens with one attached hydrogen (secondary N) is 1. The lowest BCUT2D eigenvalue weighted by Crippen LogP contribution is -2.23. The molecular weight excluding hydrogens is 442 g/mol. The third-order valence-electron chi connectivity index (χ3n) is 5.15. The number of aromatic nitrogens is 2. The maximum absolute atomic E-state index is 13.3. The summed E-state index contributed by atoms with van der Waals surface area (Å²) < 4.78 is 2.18. The van der Waals surface area contributed by atoms with E-state index in [9.17, 15) is 14.4 Å². The second-order valence-electron chi connectivity index (χ2n) is 7.36. The first-order valence-electron chi connectivity index (χ1n) is 9.95. The molecule has 1 N–H and O–H groups in total. The number of aryl methyl sites for hydroxylation is 1. The Labute approximate surface area is 193 Å². The minimum Gasteiger partial charge on any atom is -0.325 e. The van der Waals surface area contributed by atoms with Gasteiger partial charge >= 0.3 is 0 Å². The van der Waals surface area contributed by atoms with E-state index in [1.54, 1.807) is 28.8 Å². The molecule has 2 aromatic carbocycles. The van der Waals surface area contributed by atoms with Crippen LogP contribution in [0.4, 0.5) is 5.69 Å². The van der Waals surface area contributed by atoms with E-state index < -0.39 is 0 Å². The van der Waals surface area contributed by atoms with E-state index in [1.165, 1.54) is 30.0 Å². The van der Waals surface area contributed by atoms with Crippen molar-refractivity contribution in [3.8, 4) is 5.69 Å². The van der Waals surface area contributed by atoms with Crippen molar-refractivity contribution in [1.29, 1.82) is 0 Å². The van der Waals surface area contributed by atoms with Gasteiger partial charge in [0.2, 0.25) is 5.91 Å². The highest BCUT2D eigenvalue weighted by Gasteiger charge is 2.17. The Morgan fingerprint density at radius 3 is 2.69 bits per heavy atom. The van der Waals surface area contributed by atoms with Crippen LogP contribution in [0.15, 0.2) is 63.9 Å². The Morgan fingerprint density at radius 2 is 1.91 bits per heavy atom. The first kappa shape index (κ1) is 22.0. The third-order valence-corrected chi connectivity index (χ3v) is 6.98. The van der Waals surface area contributed by atoms with E-state index in [0.717, 1.165) is 16.8 Å². The highest BCUT2D eigenvalue weighted by atomic mass is 32.2. The van der Waals surface area contributed by atoms with Gasteiger partial charge in [-0.2, -0.15) is 0 Å². The number of fused-ring (bicyclic) bond motifs is 1. The molecule has 162 valence electrons. The fourth-order valence-electron chi connectivity index (χ4n) is 3.32. The van der Waals surface area contributed by atoms with Crippen molar-refractivity contribution < 1.29 is 9.59 Å². The maximum atomic E-state index is 13.3. The number of hydrogen-bond acceptors (Lipinski definition) is 6. The molecule has 0 aliphatic rings. The lowest BCUT2D eigenvalue weighted by atomic mass is 10.1. The number of carbonyl (C=O) groups is 2. The molecule has 0 saturated heterocycles. The zero-order valence-corrected chi connectivity index (χ0v) is 19.5. The third kappa shape index (κ3) is 4.37. The second kappa shape index (κ2) is 9.10. The number of rotatable bonds is 6. The standard InChI is InChI=1S/C24H21N3O3S2/c1-14-6-4-9-20(15(14)2)27-23(30)22-19(10-11-31-22)26-24(27)32-13-21(29)25-18-8-5-7-17(12-18)16(3)28/h4-12H,13H2,1-3H3,(H,25,29). The summed E-state index contributed by atoms with van der Waals surface area (Å²) in [5, 5.41) is 5.11. The summed E-state index contributed by atoms with van der Waals surface area (Å²) in [4.78, 5) is 42.2. The van der Waals surface area contributed by atoms with Gasteiger partial charge in [-0.05, 0) is 61.5 Å². The van der Waals surface area contributed by atoms with E-state index in [2.05, 4.69) is 10.3 Å². The summed E-state index contributed by atoms with van der Waals surface area (Å²) in [5.41, 5.74) is 4.38. The maximum Gasteiger partial charge on any atom is 0.276 e. The molecule has 0 fully saturated rings. The Morgan fingerprint density at radius 1 is 1.12 bits per heavy atom. The molecule has 0 aliphatic heterocycles. The van der Waals surface area contributed by atoms with Gasteiger partial charge in [-0.15, -0.1) is 11.3 Å². The SMILES string of the molecule is CC(=O)c1cccc(NC(=O)CSc2nc3ccsc3c(=O)n2-c2cccc(C)c2C)c1. The Bertz CT molecular complexity index is 1410. The van der Waals surface area contributed by atoms with Crippen LogP contribution in [0.5, 0.6) is 0 Å². The molecule has 0 atom stereocenters. The molecule has 2 aromatic heterocycles. The molecule has 0 radical (unpaired) electrons. The normalized spacial score (nSPS) is 11.0. The van der Waals surface area contributed by atoms with Gasteiger partial charge in [0.1, 0.15) is 4.70 Å². The number of benzene rings is 2. The second-order valence-corrected chi connectivity index (χ2v) is 9.22. The molecule has 0 spiro atoms. The van der Waals surface area contributed by atoms with Gasteiger partial charge in [0.15, 0.2) is 10.9 Å². The van der Waals surface area contributed by atoms with Crippen LogP contribution in [0, 0.1) is 13.8 Å². The summed E-state index contributed by atoms with van der Waals surface area (Å²) in [5.74, 6) is -0.249. The molecule has 2 heterocycles. The molecule has 4 aromatic rings. The summed E-state index contributed by atoms with van der Waals surface area (Å²) in [7, 11) is 0. The number of thiophene rings is 1. The summed E-state index contributed by atoms with van der Waals surface area (Å²) >= 11 is 2.56. The predicted octanol–water partition coefficient (Wildman–Crippen LogP) is 5.00. The lowest BCUT2D eigenvalue weighted by molar-refractivity contribution is -0.113. The molecule has 4 rings (SSSR count). The minimum absolute atomic E-state index is 0.0667. The number of carbonyl (C=O) groups excluding carboxylic acids is 2. The Kier molecular flexibility index (Phi) is 6.25. The fourth-order valence-corrected chi connectivity index (χ4v) is 4.89. The highest BCUT2D eigenvalue weighted by Crippen LogP contribution is 2.26. The van der Waals surface area contributed by atoms with Gasteiger partial charge in [0, 0.05) is 11.3 Å². The van der Waals surface area contributed by atoms with Crippen LogP contribution < -0.4 is 10.9 Å². The number of amides is 1. The number of ketones is 1. The van der Waals surface area contributed by atoms with E-state index in [-0.39, 0.29) is 23.0 Å². The first-order chi connectivity index (χ1) is 15.3. The quantitative estimate of drug-likeness (QED) is 0.247. The van der Waals surface area contributed by atoms with Gasteiger partial charge < -0.3 is 5.32 Å². The molecule has 0 unspecified atom stereocenters. The van der Waals surface area contributed by atoms with E-state index >= 15 is 0 Å². The van der Waals surface area contributed by atoms with Crippen LogP contribution in [-0.4, -0.2) is 27.0 Å². The van der Waals surface area contributed by atoms with Crippen molar-refractivity contribution in [2.75, 3.05) is 11.1 Å². The van der Waals surface area contributed by atoms with E-state index in [4.69, 9.17) is 0 Å². The number of nitrogens with zero attached hydrogens (tertiary/aromatic N) is 2. The van der Waals surface area contributed by atoms with Crippen LogP contribution in [-0.2, 0) is 4.79 Å². The predicted molar refractivity (Wildman–Crippen MR) is 130 cm³/mol. The van der Waals surface area contributed by atoms with Gasteiger partial charge in [0.05, 0.1) is 17.0 Å². The molecule has 0 aliphatic carbocycles. The van der Waals surface area contributed by atoms with Crippen LogP contribution in [0.25, 0.3) is 15.9 Å². The van der Waals surface area contributed by atoms with Gasteiger partial charge in [-0.1, -0.05) is 36.0 Å². The Hall–Kier alpha value is -3.23. The van der Waals surface area contributed by atoms with Crippen molar-refractivity contribution in [3.63, 3.8) is 0 Å². The van der Waals surface area contributed by atoms with Crippen LogP contribution in [0.3, 0.4) is 0 Å². The summed E-state index contributed by atoms with van der Waals surface area (Å²) in [6, 6.07) is 14.4. The molecule has 0 saturated carbocycles. The highest BCUT2D eigenvalue weighted by molar-refractivity contribution is 7.99. The molecular formula is C24H21N3O3S2. The average Bonchev–Trinajstić information content (AvgIpc) is 3.24. The molecule has 32 heavy (non-hydrogen) atoms. The van der Waals surface area contributed by atoms with Crippen molar-refractivity contribution in [2.45, 2.75) is 25.9 Å². The number of anilines is 1. The molecule has 8 heteroatoms.